The molecule has 4 aromatic rings. The van der Waals surface area contributed by atoms with Crippen LogP contribution in [0.2, 0.25) is 0 Å². The van der Waals surface area contributed by atoms with Gasteiger partial charge in [0.05, 0.1) is 5.52 Å². The molecular weight excluding hydrogens is 369 g/mol. The highest BCUT2D eigenvalue weighted by molar-refractivity contribution is 7.25. The van der Waals surface area contributed by atoms with Gasteiger partial charge < -0.3 is 15.2 Å². The van der Waals surface area contributed by atoms with Gasteiger partial charge in [-0.05, 0) is 73.2 Å². The summed E-state index contributed by atoms with van der Waals surface area (Å²) in [7, 11) is -0.537. The van der Waals surface area contributed by atoms with Crippen LogP contribution in [0.3, 0.4) is 0 Å². The van der Waals surface area contributed by atoms with E-state index in [9.17, 15) is 0 Å². The number of nitrogen functional groups attached to an aromatic ring is 1. The Bertz CT molecular complexity index is 1180. The zero-order valence-corrected chi connectivity index (χ0v) is 16.9. The minimum atomic E-state index is -0.537. The molecule has 0 saturated heterocycles. The van der Waals surface area contributed by atoms with Crippen molar-refractivity contribution in [2.75, 3.05) is 5.73 Å². The van der Waals surface area contributed by atoms with Crippen LogP contribution in [0.25, 0.3) is 21.8 Å². The number of rotatable bonds is 5. The zero-order chi connectivity index (χ0) is 19.7. The molecule has 0 radical (unpaired) electrons. The summed E-state index contributed by atoms with van der Waals surface area (Å²) in [5, 5.41) is 2.12. The number of benzene rings is 2. The zero-order valence-electron chi connectivity index (χ0n) is 15.9. The summed E-state index contributed by atoms with van der Waals surface area (Å²) >= 11 is 0. The molecule has 0 aliphatic carbocycles. The molecule has 3 N–H and O–H groups in total. The Balaban J connectivity index is 1.65. The van der Waals surface area contributed by atoms with Crippen LogP contribution in [0.4, 0.5) is 5.82 Å². The molecule has 0 bridgehead atoms. The third-order valence-corrected chi connectivity index (χ3v) is 5.36. The van der Waals surface area contributed by atoms with Crippen LogP contribution in [0, 0.1) is 13.8 Å². The molecule has 142 valence electrons. The van der Waals surface area contributed by atoms with Crippen LogP contribution >= 0.6 is 9.03 Å². The van der Waals surface area contributed by atoms with Crippen LogP contribution < -0.4 is 10.3 Å². The number of anilines is 1. The first kappa shape index (κ1) is 18.6. The first-order chi connectivity index (χ1) is 13.5. The maximum Gasteiger partial charge on any atom is 0.212 e. The van der Waals surface area contributed by atoms with Crippen LogP contribution in [0.1, 0.15) is 22.3 Å². The normalized spacial score (nSPS) is 11.7. The minimum Gasteiger partial charge on any atom is -0.450 e. The highest BCUT2D eigenvalue weighted by atomic mass is 31.1. The van der Waals surface area contributed by atoms with E-state index in [1.54, 1.807) is 0 Å². The van der Waals surface area contributed by atoms with E-state index in [2.05, 4.69) is 54.1 Å². The Labute approximate surface area is 165 Å². The van der Waals surface area contributed by atoms with Crippen molar-refractivity contribution >= 4 is 36.7 Å². The molecule has 0 aliphatic rings. The molecule has 4 rings (SSSR count). The average Bonchev–Trinajstić information content (AvgIpc) is 2.67. The number of nitrogens with zero attached hydrogens (tertiary/aromatic N) is 2. The van der Waals surface area contributed by atoms with E-state index < -0.39 is 9.03 Å². The molecule has 0 fully saturated rings. The van der Waals surface area contributed by atoms with E-state index in [0.717, 1.165) is 51.3 Å². The maximum atomic E-state index is 8.91. The Kier molecular flexibility index (Phi) is 5.12. The number of hydrogen-bond donors (Lipinski definition) is 2. The van der Waals surface area contributed by atoms with Crippen LogP contribution in [0.5, 0.6) is 5.75 Å². The molecule has 2 aromatic carbocycles. The second kappa shape index (κ2) is 7.70. The average molecular weight is 391 g/mol. The van der Waals surface area contributed by atoms with Crippen molar-refractivity contribution in [1.29, 1.82) is 0 Å². The summed E-state index contributed by atoms with van der Waals surface area (Å²) in [4.78, 5) is 18.0. The molecule has 0 saturated carbocycles. The third kappa shape index (κ3) is 3.64. The highest BCUT2D eigenvalue weighted by Gasteiger charge is 2.09. The Morgan fingerprint density at radius 1 is 1.04 bits per heavy atom. The lowest BCUT2D eigenvalue weighted by Crippen LogP contribution is -1.99. The SMILES string of the molecule is Cc1ccc2c(c1)nc(N)c1ncc(CCc3ccc(OPO)cc3C)cc12. The molecular formula is C22H22N3O2P. The Hall–Kier alpha value is -2.75. The predicted molar refractivity (Wildman–Crippen MR) is 116 cm³/mol. The minimum absolute atomic E-state index is 0.468. The topological polar surface area (TPSA) is 81.3 Å². The van der Waals surface area contributed by atoms with E-state index in [4.69, 9.17) is 15.2 Å². The van der Waals surface area contributed by atoms with Crippen molar-refractivity contribution in [3.8, 4) is 5.75 Å². The van der Waals surface area contributed by atoms with Gasteiger partial charge in [0.1, 0.15) is 11.3 Å². The van der Waals surface area contributed by atoms with Gasteiger partial charge in [0.2, 0.25) is 9.03 Å². The second-order valence-corrected chi connectivity index (χ2v) is 7.43. The molecule has 28 heavy (non-hydrogen) atoms. The van der Waals surface area contributed by atoms with Gasteiger partial charge in [0.15, 0.2) is 5.82 Å². The molecule has 0 amide bonds. The standard InChI is InChI=1S/C22H22N3O2P/c1-13-3-8-18-19-11-15(12-24-21(19)22(23)25-20(18)9-13)4-5-16-6-7-17(27-28-26)10-14(16)2/h3,6-12,26,28H,4-5H2,1-2H3,(H2,23,25). The fourth-order valence-electron chi connectivity index (χ4n) is 3.54. The van der Waals surface area contributed by atoms with Gasteiger partial charge in [0.25, 0.3) is 0 Å². The number of fused-ring (bicyclic) bond motifs is 3. The van der Waals surface area contributed by atoms with Gasteiger partial charge in [-0.3, -0.25) is 4.98 Å². The summed E-state index contributed by atoms with van der Waals surface area (Å²) in [5.41, 5.74) is 12.5. The van der Waals surface area contributed by atoms with E-state index in [1.807, 2.05) is 18.3 Å². The van der Waals surface area contributed by atoms with Crippen molar-refractivity contribution in [3.05, 3.63) is 70.9 Å². The van der Waals surface area contributed by atoms with E-state index in [1.165, 1.54) is 5.56 Å². The van der Waals surface area contributed by atoms with Gasteiger partial charge >= 0.3 is 0 Å². The summed E-state index contributed by atoms with van der Waals surface area (Å²) in [5.74, 6) is 1.16. The molecule has 2 aromatic heterocycles. The second-order valence-electron chi connectivity index (χ2n) is 7.04. The quantitative estimate of drug-likeness (QED) is 0.382. The first-order valence-corrected chi connectivity index (χ1v) is 10.0. The summed E-state index contributed by atoms with van der Waals surface area (Å²) in [6, 6.07) is 14.3. The third-order valence-electron chi connectivity index (χ3n) is 5.03. The summed E-state index contributed by atoms with van der Waals surface area (Å²) < 4.78 is 5.17. The van der Waals surface area contributed by atoms with Gasteiger partial charge in [-0.1, -0.05) is 18.2 Å². The van der Waals surface area contributed by atoms with Gasteiger partial charge in [-0.15, -0.1) is 0 Å². The van der Waals surface area contributed by atoms with Crippen molar-refractivity contribution < 1.29 is 9.42 Å². The van der Waals surface area contributed by atoms with Crippen LogP contribution in [0.15, 0.2) is 48.7 Å². The number of hydrogen-bond acceptors (Lipinski definition) is 5. The molecule has 0 spiro atoms. The Morgan fingerprint density at radius 3 is 2.68 bits per heavy atom. The number of aromatic nitrogens is 2. The number of nitrogens with two attached hydrogens (primary N) is 1. The molecule has 1 unspecified atom stereocenters. The highest BCUT2D eigenvalue weighted by Crippen LogP contribution is 2.28. The lowest BCUT2D eigenvalue weighted by Gasteiger charge is -2.10. The maximum absolute atomic E-state index is 8.91. The van der Waals surface area contributed by atoms with Crippen molar-refractivity contribution in [1.82, 2.24) is 9.97 Å². The first-order valence-electron chi connectivity index (χ1n) is 9.15. The number of pyridine rings is 2. The van der Waals surface area contributed by atoms with E-state index in [-0.39, 0.29) is 0 Å². The van der Waals surface area contributed by atoms with Gasteiger partial charge in [-0.25, -0.2) is 4.98 Å². The van der Waals surface area contributed by atoms with E-state index >= 15 is 0 Å². The van der Waals surface area contributed by atoms with Crippen LogP contribution in [-0.2, 0) is 12.8 Å². The molecule has 6 heteroatoms. The molecule has 0 aliphatic heterocycles. The fraction of sp³-hybridized carbons (Fsp3) is 0.182. The van der Waals surface area contributed by atoms with Crippen molar-refractivity contribution in [2.45, 2.75) is 26.7 Å². The summed E-state index contributed by atoms with van der Waals surface area (Å²) in [6.07, 6.45) is 3.67. The molecule has 1 atom stereocenters. The van der Waals surface area contributed by atoms with Gasteiger partial charge in [-0.2, -0.15) is 0 Å². The van der Waals surface area contributed by atoms with Crippen molar-refractivity contribution in [3.63, 3.8) is 0 Å². The van der Waals surface area contributed by atoms with Crippen molar-refractivity contribution in [2.24, 2.45) is 0 Å². The predicted octanol–water partition coefficient (Wildman–Crippen LogP) is 4.65. The Morgan fingerprint density at radius 2 is 1.89 bits per heavy atom. The fourth-order valence-corrected chi connectivity index (χ4v) is 3.78. The smallest absolute Gasteiger partial charge is 0.212 e. The monoisotopic (exact) mass is 391 g/mol. The van der Waals surface area contributed by atoms with E-state index in [0.29, 0.717) is 11.6 Å². The lowest BCUT2D eigenvalue weighted by molar-refractivity contribution is 0.514. The van der Waals surface area contributed by atoms with Crippen LogP contribution in [-0.4, -0.2) is 14.9 Å². The molecule has 5 nitrogen and oxygen atoms in total. The lowest BCUT2D eigenvalue weighted by atomic mass is 9.99. The largest absolute Gasteiger partial charge is 0.450 e. The molecule has 2 heterocycles. The summed E-state index contributed by atoms with van der Waals surface area (Å²) in [6.45, 7) is 4.11. The van der Waals surface area contributed by atoms with Gasteiger partial charge in [0, 0.05) is 17.0 Å². The number of aryl methyl sites for hydroxylation is 4.